The van der Waals surface area contributed by atoms with Crippen molar-refractivity contribution >= 4 is 10.9 Å². The lowest BCUT2D eigenvalue weighted by molar-refractivity contribution is 0.397. The lowest BCUT2D eigenvalue weighted by Gasteiger charge is -2.23. The van der Waals surface area contributed by atoms with Crippen LogP contribution in [0.4, 0.5) is 0 Å². The fourth-order valence-corrected chi connectivity index (χ4v) is 2.86. The number of rotatable bonds is 3. The number of benzene rings is 1. The van der Waals surface area contributed by atoms with Crippen LogP contribution in [0.1, 0.15) is 24.8 Å². The van der Waals surface area contributed by atoms with Crippen LogP contribution in [-0.2, 0) is 6.42 Å². The monoisotopic (exact) mass is 244 g/mol. The number of H-pyrrole nitrogens is 1. The number of nitrogens with one attached hydrogen (secondary N) is 2. The maximum absolute atomic E-state index is 5.48. The van der Waals surface area contributed by atoms with Gasteiger partial charge in [0.05, 0.1) is 7.11 Å². The van der Waals surface area contributed by atoms with E-state index in [0.29, 0.717) is 6.04 Å². The fraction of sp³-hybridized carbons (Fsp3) is 0.467. The van der Waals surface area contributed by atoms with Crippen molar-refractivity contribution in [3.63, 3.8) is 0 Å². The molecule has 96 valence electrons. The van der Waals surface area contributed by atoms with Gasteiger partial charge in [-0.05, 0) is 49.6 Å². The Bertz CT molecular complexity index is 526. The zero-order valence-corrected chi connectivity index (χ0v) is 10.8. The van der Waals surface area contributed by atoms with E-state index in [1.807, 2.05) is 6.20 Å². The van der Waals surface area contributed by atoms with Gasteiger partial charge in [0, 0.05) is 23.1 Å². The van der Waals surface area contributed by atoms with Gasteiger partial charge in [-0.25, -0.2) is 0 Å². The molecule has 3 nitrogen and oxygen atoms in total. The number of hydrogen-bond donors (Lipinski definition) is 2. The minimum absolute atomic E-state index is 0.621. The Kier molecular flexibility index (Phi) is 3.24. The van der Waals surface area contributed by atoms with Gasteiger partial charge < -0.3 is 15.0 Å². The summed E-state index contributed by atoms with van der Waals surface area (Å²) in [7, 11) is 1.74. The highest BCUT2D eigenvalue weighted by atomic mass is 16.5. The molecule has 1 aliphatic heterocycles. The number of aromatic nitrogens is 1. The summed E-state index contributed by atoms with van der Waals surface area (Å²) in [6.45, 7) is 1.16. The lowest BCUT2D eigenvalue weighted by Crippen LogP contribution is -2.35. The zero-order valence-electron chi connectivity index (χ0n) is 10.8. The highest BCUT2D eigenvalue weighted by Crippen LogP contribution is 2.27. The van der Waals surface area contributed by atoms with Crippen molar-refractivity contribution in [1.29, 1.82) is 0 Å². The van der Waals surface area contributed by atoms with Gasteiger partial charge >= 0.3 is 0 Å². The standard InChI is InChI=1S/C15H20N2O/c1-18-15-10-11(8-12-4-2-3-6-16-12)9-14-13(15)5-7-17-14/h5,7,9-10,12,16-17H,2-4,6,8H2,1H3. The summed E-state index contributed by atoms with van der Waals surface area (Å²) in [5, 5.41) is 4.76. The SMILES string of the molecule is COc1cc(CC2CCCCN2)cc2[nH]ccc12. The van der Waals surface area contributed by atoms with Crippen LogP contribution < -0.4 is 10.1 Å². The molecule has 1 unspecified atom stereocenters. The highest BCUT2D eigenvalue weighted by Gasteiger charge is 2.14. The summed E-state index contributed by atoms with van der Waals surface area (Å²) >= 11 is 0. The first-order chi connectivity index (χ1) is 8.86. The van der Waals surface area contributed by atoms with Gasteiger partial charge in [-0.2, -0.15) is 0 Å². The van der Waals surface area contributed by atoms with Crippen LogP contribution in [0, 0.1) is 0 Å². The number of ether oxygens (including phenoxy) is 1. The van der Waals surface area contributed by atoms with Crippen molar-refractivity contribution in [1.82, 2.24) is 10.3 Å². The first kappa shape index (κ1) is 11.6. The van der Waals surface area contributed by atoms with E-state index < -0.39 is 0 Å². The second-order valence-corrected chi connectivity index (χ2v) is 5.09. The number of methoxy groups -OCH3 is 1. The molecule has 0 spiro atoms. The second kappa shape index (κ2) is 5.02. The highest BCUT2D eigenvalue weighted by molar-refractivity contribution is 5.86. The third-order valence-corrected chi connectivity index (χ3v) is 3.81. The maximum Gasteiger partial charge on any atom is 0.128 e. The summed E-state index contributed by atoms with van der Waals surface area (Å²) in [5.41, 5.74) is 2.52. The van der Waals surface area contributed by atoms with Gasteiger partial charge in [-0.1, -0.05) is 6.42 Å². The van der Waals surface area contributed by atoms with Crippen molar-refractivity contribution in [3.8, 4) is 5.75 Å². The molecule has 1 aromatic heterocycles. The topological polar surface area (TPSA) is 37.0 Å². The average molecular weight is 244 g/mol. The molecule has 1 saturated heterocycles. The molecule has 0 bridgehead atoms. The Hall–Kier alpha value is -1.48. The largest absolute Gasteiger partial charge is 0.496 e. The Labute approximate surface area is 108 Å². The molecule has 1 aromatic carbocycles. The van der Waals surface area contributed by atoms with Crippen LogP contribution in [0.25, 0.3) is 10.9 Å². The van der Waals surface area contributed by atoms with Gasteiger partial charge in [-0.3, -0.25) is 0 Å². The molecule has 0 radical (unpaired) electrons. The van der Waals surface area contributed by atoms with Crippen molar-refractivity contribution in [3.05, 3.63) is 30.0 Å². The van der Waals surface area contributed by atoms with Crippen LogP contribution in [0.5, 0.6) is 5.75 Å². The van der Waals surface area contributed by atoms with Crippen LogP contribution in [0.3, 0.4) is 0 Å². The Morgan fingerprint density at radius 1 is 1.33 bits per heavy atom. The van der Waals surface area contributed by atoms with Crippen molar-refractivity contribution < 1.29 is 4.74 Å². The Morgan fingerprint density at radius 3 is 3.06 bits per heavy atom. The van der Waals surface area contributed by atoms with E-state index in [4.69, 9.17) is 4.74 Å². The first-order valence-corrected chi connectivity index (χ1v) is 6.74. The van der Waals surface area contributed by atoms with Gasteiger partial charge in [0.1, 0.15) is 5.75 Å². The molecule has 18 heavy (non-hydrogen) atoms. The molecule has 1 aliphatic rings. The summed E-state index contributed by atoms with van der Waals surface area (Å²) < 4.78 is 5.48. The molecule has 2 aromatic rings. The summed E-state index contributed by atoms with van der Waals surface area (Å²) in [4.78, 5) is 3.27. The zero-order chi connectivity index (χ0) is 12.4. The van der Waals surface area contributed by atoms with E-state index in [1.165, 1.54) is 30.3 Å². The Balaban J connectivity index is 1.86. The predicted octanol–water partition coefficient (Wildman–Crippen LogP) is 2.86. The van der Waals surface area contributed by atoms with E-state index in [-0.39, 0.29) is 0 Å². The van der Waals surface area contributed by atoms with Crippen LogP contribution >= 0.6 is 0 Å². The number of aromatic amines is 1. The van der Waals surface area contributed by atoms with Crippen LogP contribution in [0.15, 0.2) is 24.4 Å². The Morgan fingerprint density at radius 2 is 2.28 bits per heavy atom. The van der Waals surface area contributed by atoms with Crippen molar-refractivity contribution in [2.24, 2.45) is 0 Å². The van der Waals surface area contributed by atoms with E-state index >= 15 is 0 Å². The third kappa shape index (κ3) is 2.23. The molecular formula is C15H20N2O. The molecule has 0 amide bonds. The molecule has 0 aliphatic carbocycles. The van der Waals surface area contributed by atoms with E-state index in [1.54, 1.807) is 7.11 Å². The van der Waals surface area contributed by atoms with Crippen LogP contribution in [-0.4, -0.2) is 24.7 Å². The summed E-state index contributed by atoms with van der Waals surface area (Å²) in [6.07, 6.45) is 7.00. The van der Waals surface area contributed by atoms with E-state index in [2.05, 4.69) is 28.5 Å². The van der Waals surface area contributed by atoms with E-state index in [9.17, 15) is 0 Å². The number of piperidine rings is 1. The molecule has 3 heteroatoms. The molecule has 3 rings (SSSR count). The van der Waals surface area contributed by atoms with Gasteiger partial charge in [0.2, 0.25) is 0 Å². The fourth-order valence-electron chi connectivity index (χ4n) is 2.86. The van der Waals surface area contributed by atoms with E-state index in [0.717, 1.165) is 24.1 Å². The normalized spacial score (nSPS) is 20.2. The average Bonchev–Trinajstić information content (AvgIpc) is 2.87. The third-order valence-electron chi connectivity index (χ3n) is 3.81. The number of hydrogen-bond acceptors (Lipinski definition) is 2. The first-order valence-electron chi connectivity index (χ1n) is 6.74. The van der Waals surface area contributed by atoms with Gasteiger partial charge in [-0.15, -0.1) is 0 Å². The lowest BCUT2D eigenvalue weighted by atomic mass is 9.97. The quantitative estimate of drug-likeness (QED) is 0.871. The minimum Gasteiger partial charge on any atom is -0.496 e. The van der Waals surface area contributed by atoms with Gasteiger partial charge in [0.25, 0.3) is 0 Å². The van der Waals surface area contributed by atoms with Crippen LogP contribution in [0.2, 0.25) is 0 Å². The molecule has 1 fully saturated rings. The second-order valence-electron chi connectivity index (χ2n) is 5.09. The molecule has 2 heterocycles. The molecule has 0 saturated carbocycles. The molecular weight excluding hydrogens is 224 g/mol. The summed E-state index contributed by atoms with van der Waals surface area (Å²) in [5.74, 6) is 0.972. The van der Waals surface area contributed by atoms with Crippen molar-refractivity contribution in [2.75, 3.05) is 13.7 Å². The molecule has 1 atom stereocenters. The predicted molar refractivity (Wildman–Crippen MR) is 74.2 cm³/mol. The summed E-state index contributed by atoms with van der Waals surface area (Å²) in [6, 6.07) is 7.10. The van der Waals surface area contributed by atoms with Crippen molar-refractivity contribution in [2.45, 2.75) is 31.7 Å². The maximum atomic E-state index is 5.48. The number of fused-ring (bicyclic) bond motifs is 1. The minimum atomic E-state index is 0.621. The molecule has 2 N–H and O–H groups in total. The van der Waals surface area contributed by atoms with Gasteiger partial charge in [0.15, 0.2) is 0 Å². The smallest absolute Gasteiger partial charge is 0.128 e.